The molecule has 0 amide bonds. The summed E-state index contributed by atoms with van der Waals surface area (Å²) in [5.74, 6) is 2.50. The van der Waals surface area contributed by atoms with Gasteiger partial charge in [0, 0.05) is 25.8 Å². The summed E-state index contributed by atoms with van der Waals surface area (Å²) in [6, 6.07) is 0. The molecule has 0 radical (unpaired) electrons. The van der Waals surface area contributed by atoms with E-state index in [0.29, 0.717) is 0 Å². The molecule has 0 unspecified atom stereocenters. The standard InChI is InChI=1S/C14H26N4O/c1-10-12(15-5)17-11(2)18-13(10)16-9-14(3,4)7-6-8-19/h19H,6-9H2,1-5H3,(H2,15,16,17,18). The highest BCUT2D eigenvalue weighted by Gasteiger charge is 2.18. The van der Waals surface area contributed by atoms with Crippen LogP contribution < -0.4 is 10.6 Å². The van der Waals surface area contributed by atoms with Gasteiger partial charge in [-0.05, 0) is 32.1 Å². The van der Waals surface area contributed by atoms with Crippen molar-refractivity contribution in [2.45, 2.75) is 40.5 Å². The lowest BCUT2D eigenvalue weighted by atomic mass is 9.88. The Balaban J connectivity index is 2.74. The first-order chi connectivity index (χ1) is 8.89. The molecule has 0 aliphatic rings. The van der Waals surface area contributed by atoms with Crippen molar-refractivity contribution in [2.24, 2.45) is 5.41 Å². The van der Waals surface area contributed by atoms with E-state index >= 15 is 0 Å². The number of aromatic nitrogens is 2. The van der Waals surface area contributed by atoms with Gasteiger partial charge in [-0.25, -0.2) is 9.97 Å². The second-order valence-electron chi connectivity index (χ2n) is 5.69. The van der Waals surface area contributed by atoms with Crippen molar-refractivity contribution in [1.29, 1.82) is 0 Å². The van der Waals surface area contributed by atoms with E-state index in [-0.39, 0.29) is 12.0 Å². The molecule has 0 saturated heterocycles. The summed E-state index contributed by atoms with van der Waals surface area (Å²) >= 11 is 0. The highest BCUT2D eigenvalue weighted by Crippen LogP contribution is 2.25. The van der Waals surface area contributed by atoms with E-state index in [9.17, 15) is 0 Å². The Bertz CT molecular complexity index is 418. The fourth-order valence-corrected chi connectivity index (χ4v) is 2.01. The van der Waals surface area contributed by atoms with Gasteiger partial charge in [0.2, 0.25) is 0 Å². The Morgan fingerprint density at radius 2 is 1.79 bits per heavy atom. The number of aliphatic hydroxyl groups is 1. The maximum absolute atomic E-state index is 8.91. The van der Waals surface area contributed by atoms with Gasteiger partial charge in [0.05, 0.1) is 0 Å². The molecule has 0 fully saturated rings. The molecule has 0 saturated carbocycles. The molecule has 0 atom stereocenters. The number of aliphatic hydroxyl groups excluding tert-OH is 1. The Morgan fingerprint density at radius 3 is 2.37 bits per heavy atom. The summed E-state index contributed by atoms with van der Waals surface area (Å²) in [6.45, 7) is 9.36. The molecule has 1 aromatic rings. The van der Waals surface area contributed by atoms with Crippen LogP contribution in [-0.2, 0) is 0 Å². The zero-order valence-electron chi connectivity index (χ0n) is 12.7. The third-order valence-corrected chi connectivity index (χ3v) is 3.24. The molecule has 0 aromatic carbocycles. The van der Waals surface area contributed by atoms with Crippen LogP contribution in [0.5, 0.6) is 0 Å². The van der Waals surface area contributed by atoms with Crippen molar-refractivity contribution in [3.8, 4) is 0 Å². The SMILES string of the molecule is CNc1nc(C)nc(NCC(C)(C)CCCO)c1C. The first-order valence-electron chi connectivity index (χ1n) is 6.77. The van der Waals surface area contributed by atoms with Crippen LogP contribution in [0.1, 0.15) is 38.1 Å². The molecule has 5 nitrogen and oxygen atoms in total. The van der Waals surface area contributed by atoms with Gasteiger partial charge in [-0.2, -0.15) is 0 Å². The summed E-state index contributed by atoms with van der Waals surface area (Å²) in [6.07, 6.45) is 1.82. The molecule has 1 heterocycles. The van der Waals surface area contributed by atoms with Crippen LogP contribution in [0.2, 0.25) is 0 Å². The lowest BCUT2D eigenvalue weighted by molar-refractivity contribution is 0.248. The largest absolute Gasteiger partial charge is 0.396 e. The predicted octanol–water partition coefficient (Wildman–Crippen LogP) is 2.35. The van der Waals surface area contributed by atoms with E-state index in [1.807, 2.05) is 20.9 Å². The molecule has 0 aliphatic carbocycles. The molecule has 5 heteroatoms. The van der Waals surface area contributed by atoms with Gasteiger partial charge in [0.25, 0.3) is 0 Å². The molecular formula is C14H26N4O. The molecule has 1 aromatic heterocycles. The number of nitrogens with one attached hydrogen (secondary N) is 2. The third-order valence-electron chi connectivity index (χ3n) is 3.24. The van der Waals surface area contributed by atoms with Gasteiger partial charge in [0.1, 0.15) is 17.5 Å². The number of nitrogens with zero attached hydrogens (tertiary/aromatic N) is 2. The number of aryl methyl sites for hydroxylation is 1. The summed E-state index contributed by atoms with van der Waals surface area (Å²) in [4.78, 5) is 8.80. The maximum Gasteiger partial charge on any atom is 0.134 e. The van der Waals surface area contributed by atoms with Crippen LogP contribution in [-0.4, -0.2) is 35.3 Å². The second-order valence-corrected chi connectivity index (χ2v) is 5.69. The van der Waals surface area contributed by atoms with Crippen molar-refractivity contribution in [3.63, 3.8) is 0 Å². The van der Waals surface area contributed by atoms with Crippen molar-refractivity contribution in [1.82, 2.24) is 9.97 Å². The molecule has 19 heavy (non-hydrogen) atoms. The molecule has 0 bridgehead atoms. The number of anilines is 2. The van der Waals surface area contributed by atoms with Crippen LogP contribution >= 0.6 is 0 Å². The molecule has 3 N–H and O–H groups in total. The summed E-state index contributed by atoms with van der Waals surface area (Å²) in [5, 5.41) is 15.4. The first kappa shape index (κ1) is 15.7. The third kappa shape index (κ3) is 4.67. The van der Waals surface area contributed by atoms with Crippen LogP contribution in [0.4, 0.5) is 11.6 Å². The Kier molecular flexibility index (Phi) is 5.54. The average Bonchev–Trinajstić information content (AvgIpc) is 2.37. The molecular weight excluding hydrogens is 240 g/mol. The topological polar surface area (TPSA) is 70.1 Å². The van der Waals surface area contributed by atoms with Gasteiger partial charge >= 0.3 is 0 Å². The Morgan fingerprint density at radius 1 is 1.16 bits per heavy atom. The van der Waals surface area contributed by atoms with Gasteiger partial charge in [-0.3, -0.25) is 0 Å². The lowest BCUT2D eigenvalue weighted by Crippen LogP contribution is -2.24. The zero-order valence-corrected chi connectivity index (χ0v) is 12.7. The van der Waals surface area contributed by atoms with Crippen LogP contribution in [0.3, 0.4) is 0 Å². The number of rotatable bonds is 7. The predicted molar refractivity (Wildman–Crippen MR) is 79.6 cm³/mol. The summed E-state index contributed by atoms with van der Waals surface area (Å²) < 4.78 is 0. The second kappa shape index (κ2) is 6.70. The van der Waals surface area contributed by atoms with E-state index in [1.54, 1.807) is 0 Å². The summed E-state index contributed by atoms with van der Waals surface area (Å²) in [7, 11) is 1.86. The lowest BCUT2D eigenvalue weighted by Gasteiger charge is -2.25. The highest BCUT2D eigenvalue weighted by molar-refractivity contribution is 5.56. The minimum absolute atomic E-state index is 0.133. The molecule has 108 valence electrons. The quantitative estimate of drug-likeness (QED) is 0.706. The van der Waals surface area contributed by atoms with E-state index in [2.05, 4.69) is 34.4 Å². The van der Waals surface area contributed by atoms with Crippen molar-refractivity contribution in [3.05, 3.63) is 11.4 Å². The average molecular weight is 266 g/mol. The highest BCUT2D eigenvalue weighted by atomic mass is 16.2. The summed E-state index contributed by atoms with van der Waals surface area (Å²) in [5.41, 5.74) is 1.17. The monoisotopic (exact) mass is 266 g/mol. The van der Waals surface area contributed by atoms with Crippen LogP contribution in [0.15, 0.2) is 0 Å². The zero-order chi connectivity index (χ0) is 14.5. The molecule has 0 aliphatic heterocycles. The fraction of sp³-hybridized carbons (Fsp3) is 0.714. The van der Waals surface area contributed by atoms with Gasteiger partial charge in [-0.1, -0.05) is 13.8 Å². The van der Waals surface area contributed by atoms with Gasteiger partial charge < -0.3 is 15.7 Å². The number of hydrogen-bond acceptors (Lipinski definition) is 5. The normalized spacial score (nSPS) is 11.5. The fourth-order valence-electron chi connectivity index (χ4n) is 2.01. The minimum Gasteiger partial charge on any atom is -0.396 e. The van der Waals surface area contributed by atoms with Crippen molar-refractivity contribution in [2.75, 3.05) is 30.8 Å². The Labute approximate surface area is 115 Å². The van der Waals surface area contributed by atoms with Crippen LogP contribution in [0, 0.1) is 19.3 Å². The van der Waals surface area contributed by atoms with E-state index < -0.39 is 0 Å². The Hall–Kier alpha value is -1.36. The smallest absolute Gasteiger partial charge is 0.134 e. The van der Waals surface area contributed by atoms with Crippen molar-refractivity contribution < 1.29 is 5.11 Å². The number of hydrogen-bond donors (Lipinski definition) is 3. The molecule has 1 rings (SSSR count). The van der Waals surface area contributed by atoms with Gasteiger partial charge in [0.15, 0.2) is 0 Å². The first-order valence-corrected chi connectivity index (χ1v) is 6.77. The van der Waals surface area contributed by atoms with E-state index in [1.165, 1.54) is 0 Å². The van der Waals surface area contributed by atoms with Crippen LogP contribution in [0.25, 0.3) is 0 Å². The van der Waals surface area contributed by atoms with Crippen molar-refractivity contribution >= 4 is 11.6 Å². The minimum atomic E-state index is 0.133. The van der Waals surface area contributed by atoms with E-state index in [0.717, 1.165) is 42.4 Å². The molecule has 0 spiro atoms. The van der Waals surface area contributed by atoms with E-state index in [4.69, 9.17) is 5.11 Å². The maximum atomic E-state index is 8.91. The van der Waals surface area contributed by atoms with Gasteiger partial charge in [-0.15, -0.1) is 0 Å².